The van der Waals surface area contributed by atoms with Gasteiger partial charge in [0.25, 0.3) is 5.91 Å². The molecule has 132 valence electrons. The third kappa shape index (κ3) is 4.09. The van der Waals surface area contributed by atoms with Gasteiger partial charge in [-0.05, 0) is 48.0 Å². The molecule has 7 nitrogen and oxygen atoms in total. The Balaban J connectivity index is 1.67. The first kappa shape index (κ1) is 17.7. The number of imide groups is 1. The molecule has 0 unspecified atom stereocenters. The second-order valence-corrected chi connectivity index (χ2v) is 6.44. The van der Waals surface area contributed by atoms with Crippen LogP contribution in [0.4, 0.5) is 10.5 Å². The summed E-state index contributed by atoms with van der Waals surface area (Å²) < 4.78 is 0.897. The van der Waals surface area contributed by atoms with Gasteiger partial charge in [0.05, 0.1) is 0 Å². The standard InChI is InChI=1S/C18H14BrN3O4/c19-12-3-1-11(2-4-12)9-15-17(25)22(18(26)21-15)10-16(24)20-13-5-7-14(23)8-6-13/h1-9,23H,10H2,(H,20,24)(H,21,26)/b15-9-. The van der Waals surface area contributed by atoms with Crippen LogP contribution in [0.1, 0.15) is 5.56 Å². The molecule has 26 heavy (non-hydrogen) atoms. The number of hydrogen-bond donors (Lipinski definition) is 3. The molecule has 0 aliphatic carbocycles. The minimum absolute atomic E-state index is 0.0693. The molecule has 3 N–H and O–H groups in total. The van der Waals surface area contributed by atoms with E-state index in [2.05, 4.69) is 26.6 Å². The van der Waals surface area contributed by atoms with Crippen molar-refractivity contribution < 1.29 is 19.5 Å². The highest BCUT2D eigenvalue weighted by molar-refractivity contribution is 9.10. The maximum atomic E-state index is 12.4. The number of hydrogen-bond acceptors (Lipinski definition) is 4. The van der Waals surface area contributed by atoms with E-state index in [0.717, 1.165) is 14.9 Å². The van der Waals surface area contributed by atoms with Crippen molar-refractivity contribution >= 4 is 45.5 Å². The number of carbonyl (C=O) groups excluding carboxylic acids is 3. The Hall–Kier alpha value is -3.13. The Morgan fingerprint density at radius 1 is 1.12 bits per heavy atom. The predicted molar refractivity (Wildman–Crippen MR) is 99.1 cm³/mol. The zero-order chi connectivity index (χ0) is 18.7. The fourth-order valence-corrected chi connectivity index (χ4v) is 2.59. The summed E-state index contributed by atoms with van der Waals surface area (Å²) in [6.45, 7) is -0.413. The lowest BCUT2D eigenvalue weighted by Gasteiger charge is -2.12. The topological polar surface area (TPSA) is 98.7 Å². The van der Waals surface area contributed by atoms with Crippen molar-refractivity contribution in [3.05, 3.63) is 64.3 Å². The number of phenols is 1. The van der Waals surface area contributed by atoms with E-state index >= 15 is 0 Å². The third-order valence-corrected chi connectivity index (χ3v) is 4.12. The smallest absolute Gasteiger partial charge is 0.329 e. The maximum absolute atomic E-state index is 12.4. The second kappa shape index (κ2) is 7.40. The summed E-state index contributed by atoms with van der Waals surface area (Å²) in [6.07, 6.45) is 1.55. The first-order valence-corrected chi connectivity index (χ1v) is 8.41. The number of nitrogens with one attached hydrogen (secondary N) is 2. The summed E-state index contributed by atoms with van der Waals surface area (Å²) in [5.74, 6) is -1.03. The Bertz CT molecular complexity index is 892. The molecule has 1 fully saturated rings. The summed E-state index contributed by atoms with van der Waals surface area (Å²) in [6, 6.07) is 12.4. The van der Waals surface area contributed by atoms with E-state index < -0.39 is 24.4 Å². The second-order valence-electron chi connectivity index (χ2n) is 5.53. The monoisotopic (exact) mass is 415 g/mol. The Morgan fingerprint density at radius 2 is 1.77 bits per heavy atom. The molecule has 2 aromatic rings. The fourth-order valence-electron chi connectivity index (χ4n) is 2.33. The highest BCUT2D eigenvalue weighted by atomic mass is 79.9. The van der Waals surface area contributed by atoms with Gasteiger partial charge in [-0.25, -0.2) is 9.69 Å². The van der Waals surface area contributed by atoms with Crippen molar-refractivity contribution in [1.82, 2.24) is 10.2 Å². The van der Waals surface area contributed by atoms with E-state index in [1.54, 1.807) is 18.2 Å². The van der Waals surface area contributed by atoms with Gasteiger partial charge in [0.1, 0.15) is 18.0 Å². The lowest BCUT2D eigenvalue weighted by molar-refractivity contribution is -0.127. The van der Waals surface area contributed by atoms with Crippen LogP contribution in [0.3, 0.4) is 0 Å². The molecule has 1 aliphatic heterocycles. The van der Waals surface area contributed by atoms with Gasteiger partial charge in [-0.3, -0.25) is 9.59 Å². The van der Waals surface area contributed by atoms with Crippen LogP contribution in [0.15, 0.2) is 58.7 Å². The van der Waals surface area contributed by atoms with Crippen LogP contribution in [-0.4, -0.2) is 34.4 Å². The Morgan fingerprint density at radius 3 is 2.42 bits per heavy atom. The van der Waals surface area contributed by atoms with Gasteiger partial charge in [-0.2, -0.15) is 0 Å². The molecule has 2 aromatic carbocycles. The molecule has 1 saturated heterocycles. The van der Waals surface area contributed by atoms with Crippen LogP contribution < -0.4 is 10.6 Å². The van der Waals surface area contributed by atoms with Gasteiger partial charge in [0, 0.05) is 10.2 Å². The quantitative estimate of drug-likeness (QED) is 0.406. The number of anilines is 1. The first-order chi connectivity index (χ1) is 12.4. The average Bonchev–Trinajstić information content (AvgIpc) is 2.86. The van der Waals surface area contributed by atoms with E-state index in [1.165, 1.54) is 24.3 Å². The van der Waals surface area contributed by atoms with Gasteiger partial charge in [-0.1, -0.05) is 28.1 Å². The molecule has 1 heterocycles. The number of nitrogens with zero attached hydrogens (tertiary/aromatic N) is 1. The number of halogens is 1. The zero-order valence-corrected chi connectivity index (χ0v) is 15.0. The summed E-state index contributed by atoms with van der Waals surface area (Å²) in [7, 11) is 0. The van der Waals surface area contributed by atoms with E-state index in [4.69, 9.17) is 0 Å². The first-order valence-electron chi connectivity index (χ1n) is 7.61. The van der Waals surface area contributed by atoms with Crippen LogP contribution >= 0.6 is 15.9 Å². The molecular formula is C18H14BrN3O4. The highest BCUT2D eigenvalue weighted by Gasteiger charge is 2.34. The van der Waals surface area contributed by atoms with Crippen molar-refractivity contribution in [1.29, 1.82) is 0 Å². The van der Waals surface area contributed by atoms with Crippen molar-refractivity contribution in [3.63, 3.8) is 0 Å². The minimum atomic E-state index is -0.654. The van der Waals surface area contributed by atoms with Crippen molar-refractivity contribution in [2.24, 2.45) is 0 Å². The molecule has 0 aromatic heterocycles. The van der Waals surface area contributed by atoms with Gasteiger partial charge < -0.3 is 15.7 Å². The van der Waals surface area contributed by atoms with Crippen molar-refractivity contribution in [2.45, 2.75) is 0 Å². The number of urea groups is 1. The molecule has 0 bridgehead atoms. The van der Waals surface area contributed by atoms with Crippen LogP contribution in [0.5, 0.6) is 5.75 Å². The summed E-state index contributed by atoms with van der Waals surface area (Å²) in [5.41, 5.74) is 1.30. The maximum Gasteiger partial charge on any atom is 0.329 e. The number of aromatic hydroxyl groups is 1. The van der Waals surface area contributed by atoms with E-state index in [-0.39, 0.29) is 11.4 Å². The minimum Gasteiger partial charge on any atom is -0.508 e. The van der Waals surface area contributed by atoms with Gasteiger partial charge in [0.15, 0.2) is 0 Å². The molecule has 4 amide bonds. The van der Waals surface area contributed by atoms with Crippen LogP contribution in [0.25, 0.3) is 6.08 Å². The number of amides is 4. The van der Waals surface area contributed by atoms with Crippen molar-refractivity contribution in [3.8, 4) is 5.75 Å². The number of benzene rings is 2. The fraction of sp³-hybridized carbons (Fsp3) is 0.0556. The summed E-state index contributed by atoms with van der Waals surface area (Å²) in [4.78, 5) is 37.3. The molecule has 0 radical (unpaired) electrons. The van der Waals surface area contributed by atoms with Gasteiger partial charge in [0.2, 0.25) is 5.91 Å². The van der Waals surface area contributed by atoms with Crippen LogP contribution in [-0.2, 0) is 9.59 Å². The number of carbonyl (C=O) groups is 3. The zero-order valence-electron chi connectivity index (χ0n) is 13.4. The molecule has 8 heteroatoms. The summed E-state index contributed by atoms with van der Waals surface area (Å²) >= 11 is 3.32. The molecule has 0 atom stereocenters. The van der Waals surface area contributed by atoms with Gasteiger partial charge >= 0.3 is 6.03 Å². The lowest BCUT2D eigenvalue weighted by Crippen LogP contribution is -2.38. The predicted octanol–water partition coefficient (Wildman–Crippen LogP) is 2.69. The normalized spacial score (nSPS) is 15.3. The largest absolute Gasteiger partial charge is 0.508 e. The molecule has 0 spiro atoms. The third-order valence-electron chi connectivity index (χ3n) is 3.60. The van der Waals surface area contributed by atoms with E-state index in [1.807, 2.05) is 12.1 Å². The summed E-state index contributed by atoms with van der Waals surface area (Å²) in [5, 5.41) is 14.3. The van der Waals surface area contributed by atoms with Gasteiger partial charge in [-0.15, -0.1) is 0 Å². The number of phenolic OH excluding ortho intramolecular Hbond substituents is 1. The molecule has 3 rings (SSSR count). The average molecular weight is 416 g/mol. The number of rotatable bonds is 4. The van der Waals surface area contributed by atoms with Crippen molar-refractivity contribution in [2.75, 3.05) is 11.9 Å². The SMILES string of the molecule is O=C(CN1C(=O)N/C(=C\c2ccc(Br)cc2)C1=O)Nc1ccc(O)cc1. The molecule has 0 saturated carbocycles. The van der Waals surface area contributed by atoms with Crippen LogP contribution in [0.2, 0.25) is 0 Å². The van der Waals surface area contributed by atoms with Crippen LogP contribution in [0, 0.1) is 0 Å². The van der Waals surface area contributed by atoms with E-state index in [0.29, 0.717) is 5.69 Å². The lowest BCUT2D eigenvalue weighted by atomic mass is 10.2. The van der Waals surface area contributed by atoms with E-state index in [9.17, 15) is 19.5 Å². The Labute approximate surface area is 157 Å². The molecule has 1 aliphatic rings. The highest BCUT2D eigenvalue weighted by Crippen LogP contribution is 2.17. The molecular weight excluding hydrogens is 402 g/mol. The Kier molecular flexibility index (Phi) is 5.04.